The third-order valence-electron chi connectivity index (χ3n) is 3.58. The van der Waals surface area contributed by atoms with E-state index in [1.165, 1.54) is 0 Å². The van der Waals surface area contributed by atoms with Crippen LogP contribution in [0.5, 0.6) is 0 Å². The predicted molar refractivity (Wildman–Crippen MR) is 70.6 cm³/mol. The van der Waals surface area contributed by atoms with Crippen LogP contribution in [0.4, 0.5) is 0 Å². The van der Waals surface area contributed by atoms with Gasteiger partial charge in [-0.1, -0.05) is 13.8 Å². The number of carbonyl (C=O) groups is 2. The lowest BCUT2D eigenvalue weighted by Crippen LogP contribution is -2.28. The number of aromatic nitrogens is 2. The normalized spacial score (nSPS) is 13.4. The molecule has 4 nitrogen and oxygen atoms in total. The van der Waals surface area contributed by atoms with Crippen LogP contribution in [0.3, 0.4) is 0 Å². The van der Waals surface area contributed by atoms with Crippen LogP contribution in [0, 0.1) is 26.2 Å². The standard InChI is InChI=1S/C14H22N2O2/c1-9(7-14(5,6)13(18)8-17)16-11(3)10(2)15-12(16)4/h8-9H,7H2,1-6H3. The van der Waals surface area contributed by atoms with Crippen molar-refractivity contribution in [1.82, 2.24) is 9.55 Å². The van der Waals surface area contributed by atoms with Crippen molar-refractivity contribution in [3.8, 4) is 0 Å². The maximum Gasteiger partial charge on any atom is 0.200 e. The molecule has 1 rings (SSSR count). The average Bonchev–Trinajstić information content (AvgIpc) is 2.51. The fraction of sp³-hybridized carbons (Fsp3) is 0.643. The van der Waals surface area contributed by atoms with Crippen LogP contribution in [0.1, 0.15) is 50.4 Å². The van der Waals surface area contributed by atoms with Gasteiger partial charge in [0.15, 0.2) is 6.29 Å². The molecule has 18 heavy (non-hydrogen) atoms. The minimum Gasteiger partial charge on any atom is -0.329 e. The van der Waals surface area contributed by atoms with Crippen LogP contribution in [-0.2, 0) is 9.59 Å². The van der Waals surface area contributed by atoms with Crippen LogP contribution < -0.4 is 0 Å². The maximum absolute atomic E-state index is 11.6. The fourth-order valence-corrected chi connectivity index (χ4v) is 2.53. The number of Topliss-reactive ketones (excluding diaryl/α,β-unsaturated/α-hetero) is 1. The Hall–Kier alpha value is -1.45. The van der Waals surface area contributed by atoms with Gasteiger partial charge in [-0.05, 0) is 34.1 Å². The molecule has 1 unspecified atom stereocenters. The van der Waals surface area contributed by atoms with Gasteiger partial charge in [-0.15, -0.1) is 0 Å². The Labute approximate surface area is 108 Å². The molecule has 0 aliphatic rings. The third-order valence-corrected chi connectivity index (χ3v) is 3.58. The molecule has 0 amide bonds. The molecule has 0 N–H and O–H groups in total. The summed E-state index contributed by atoms with van der Waals surface area (Å²) in [5.74, 6) is 0.605. The number of hydrogen-bond acceptors (Lipinski definition) is 3. The molecule has 0 fully saturated rings. The molecule has 1 atom stereocenters. The van der Waals surface area contributed by atoms with Gasteiger partial charge in [0, 0.05) is 17.2 Å². The number of aldehydes is 1. The Balaban J connectivity index is 2.99. The van der Waals surface area contributed by atoms with Crippen molar-refractivity contribution in [2.45, 2.75) is 54.0 Å². The van der Waals surface area contributed by atoms with Crippen LogP contribution >= 0.6 is 0 Å². The van der Waals surface area contributed by atoms with Crippen LogP contribution in [0.15, 0.2) is 0 Å². The summed E-state index contributed by atoms with van der Waals surface area (Å²) >= 11 is 0. The number of hydrogen-bond donors (Lipinski definition) is 0. The van der Waals surface area contributed by atoms with Crippen molar-refractivity contribution in [2.75, 3.05) is 0 Å². The van der Waals surface area contributed by atoms with Gasteiger partial charge in [0.05, 0.1) is 5.69 Å². The minimum atomic E-state index is -0.627. The molecule has 1 aromatic rings. The van der Waals surface area contributed by atoms with Crippen molar-refractivity contribution in [2.24, 2.45) is 5.41 Å². The fourth-order valence-electron chi connectivity index (χ4n) is 2.53. The minimum absolute atomic E-state index is 0.144. The Morgan fingerprint density at radius 1 is 1.39 bits per heavy atom. The molecule has 4 heteroatoms. The first kappa shape index (κ1) is 14.6. The van der Waals surface area contributed by atoms with Gasteiger partial charge in [-0.25, -0.2) is 4.98 Å². The zero-order valence-electron chi connectivity index (χ0n) is 12.1. The predicted octanol–water partition coefficient (Wildman–Crippen LogP) is 2.55. The zero-order chi connectivity index (χ0) is 14.1. The van der Waals surface area contributed by atoms with E-state index in [0.29, 0.717) is 12.7 Å². The molecule has 0 aliphatic heterocycles. The maximum atomic E-state index is 11.6. The summed E-state index contributed by atoms with van der Waals surface area (Å²) in [5.41, 5.74) is 1.51. The lowest BCUT2D eigenvalue weighted by Gasteiger charge is -2.26. The summed E-state index contributed by atoms with van der Waals surface area (Å²) in [4.78, 5) is 26.7. The van der Waals surface area contributed by atoms with Crippen molar-refractivity contribution >= 4 is 12.1 Å². The molecule has 0 aliphatic carbocycles. The Bertz CT molecular complexity index is 472. The van der Waals surface area contributed by atoms with E-state index < -0.39 is 5.41 Å². The molecule has 0 saturated heterocycles. The summed E-state index contributed by atoms with van der Waals surface area (Å²) in [6, 6.07) is 0.144. The van der Waals surface area contributed by atoms with E-state index in [0.717, 1.165) is 17.2 Å². The van der Waals surface area contributed by atoms with Gasteiger partial charge in [0.25, 0.3) is 0 Å². The number of ketones is 1. The molecule has 1 heterocycles. The van der Waals surface area contributed by atoms with Crippen molar-refractivity contribution in [1.29, 1.82) is 0 Å². The molecule has 0 spiro atoms. The van der Waals surface area contributed by atoms with E-state index in [2.05, 4.69) is 16.5 Å². The summed E-state index contributed by atoms with van der Waals surface area (Å²) in [7, 11) is 0. The highest BCUT2D eigenvalue weighted by molar-refractivity contribution is 6.27. The number of rotatable bonds is 5. The lowest BCUT2D eigenvalue weighted by molar-refractivity contribution is -0.136. The Kier molecular flexibility index (Phi) is 4.09. The van der Waals surface area contributed by atoms with Crippen LogP contribution in [0.2, 0.25) is 0 Å². The van der Waals surface area contributed by atoms with Gasteiger partial charge in [0.2, 0.25) is 5.78 Å². The molecule has 0 radical (unpaired) electrons. The van der Waals surface area contributed by atoms with Gasteiger partial charge < -0.3 is 4.57 Å². The summed E-state index contributed by atoms with van der Waals surface area (Å²) in [6.07, 6.45) is 1.05. The second-order valence-corrected chi connectivity index (χ2v) is 5.62. The van der Waals surface area contributed by atoms with Crippen LogP contribution in [0.25, 0.3) is 0 Å². The molecule has 0 aromatic carbocycles. The SMILES string of the molecule is Cc1nc(C)n(C(C)CC(C)(C)C(=O)C=O)c1C. The van der Waals surface area contributed by atoms with E-state index in [-0.39, 0.29) is 11.8 Å². The van der Waals surface area contributed by atoms with Gasteiger partial charge >= 0.3 is 0 Å². The van der Waals surface area contributed by atoms with E-state index in [1.54, 1.807) is 0 Å². The number of imidazole rings is 1. The monoisotopic (exact) mass is 250 g/mol. The Morgan fingerprint density at radius 2 is 1.94 bits per heavy atom. The molecule has 0 saturated carbocycles. The molecular formula is C14H22N2O2. The number of carbonyl (C=O) groups excluding carboxylic acids is 2. The highest BCUT2D eigenvalue weighted by Gasteiger charge is 2.30. The quantitative estimate of drug-likeness (QED) is 0.596. The summed E-state index contributed by atoms with van der Waals surface area (Å²) in [6.45, 7) is 11.7. The van der Waals surface area contributed by atoms with Gasteiger partial charge in [-0.3, -0.25) is 9.59 Å². The van der Waals surface area contributed by atoms with Crippen molar-refractivity contribution in [3.05, 3.63) is 17.2 Å². The Morgan fingerprint density at radius 3 is 2.33 bits per heavy atom. The van der Waals surface area contributed by atoms with E-state index in [4.69, 9.17) is 0 Å². The van der Waals surface area contributed by atoms with Gasteiger partial charge in [-0.2, -0.15) is 0 Å². The zero-order valence-corrected chi connectivity index (χ0v) is 12.1. The van der Waals surface area contributed by atoms with Crippen molar-refractivity contribution < 1.29 is 9.59 Å². The largest absolute Gasteiger partial charge is 0.329 e. The first-order valence-electron chi connectivity index (χ1n) is 6.22. The van der Waals surface area contributed by atoms with Gasteiger partial charge in [0.1, 0.15) is 5.82 Å². The summed E-state index contributed by atoms with van der Waals surface area (Å²) < 4.78 is 2.13. The highest BCUT2D eigenvalue weighted by Crippen LogP contribution is 2.30. The van der Waals surface area contributed by atoms with E-state index in [9.17, 15) is 9.59 Å². The second-order valence-electron chi connectivity index (χ2n) is 5.62. The topological polar surface area (TPSA) is 52.0 Å². The molecule has 0 bridgehead atoms. The lowest BCUT2D eigenvalue weighted by atomic mass is 9.82. The molecule has 100 valence electrons. The van der Waals surface area contributed by atoms with Crippen molar-refractivity contribution in [3.63, 3.8) is 0 Å². The smallest absolute Gasteiger partial charge is 0.200 e. The number of aryl methyl sites for hydroxylation is 2. The van der Waals surface area contributed by atoms with E-state index in [1.807, 2.05) is 34.6 Å². The third kappa shape index (κ3) is 2.68. The first-order valence-corrected chi connectivity index (χ1v) is 6.22. The van der Waals surface area contributed by atoms with Crippen LogP contribution in [-0.4, -0.2) is 21.6 Å². The average molecular weight is 250 g/mol. The molecular weight excluding hydrogens is 228 g/mol. The highest BCUT2D eigenvalue weighted by atomic mass is 16.2. The molecule has 1 aromatic heterocycles. The number of nitrogens with zero attached hydrogens (tertiary/aromatic N) is 2. The summed E-state index contributed by atoms with van der Waals surface area (Å²) in [5, 5.41) is 0. The first-order chi connectivity index (χ1) is 8.20. The van der Waals surface area contributed by atoms with E-state index >= 15 is 0 Å². The second kappa shape index (κ2) is 5.04.